The van der Waals surface area contributed by atoms with Gasteiger partial charge in [0.1, 0.15) is 22.9 Å². The first-order valence-corrected chi connectivity index (χ1v) is 11.1. The van der Waals surface area contributed by atoms with E-state index < -0.39 is 11.6 Å². The fraction of sp³-hybridized carbons (Fsp3) is 0.0333. The van der Waals surface area contributed by atoms with Gasteiger partial charge in [-0.25, -0.2) is 13.8 Å². The molecular formula is C30H17F2NO. The van der Waals surface area contributed by atoms with Crippen LogP contribution in [-0.4, -0.2) is 4.98 Å². The highest BCUT2D eigenvalue weighted by atomic mass is 19.1. The summed E-state index contributed by atoms with van der Waals surface area (Å²) >= 11 is 0. The van der Waals surface area contributed by atoms with E-state index in [1.54, 1.807) is 6.07 Å². The summed E-state index contributed by atoms with van der Waals surface area (Å²) in [6.07, 6.45) is 0. The molecule has 34 heavy (non-hydrogen) atoms. The minimum atomic E-state index is -0.593. The maximum absolute atomic E-state index is 14.5. The highest BCUT2D eigenvalue weighted by Gasteiger charge is 2.19. The Kier molecular flexibility index (Phi) is 3.86. The van der Waals surface area contributed by atoms with E-state index in [4.69, 9.17) is 9.40 Å². The zero-order valence-corrected chi connectivity index (χ0v) is 18.2. The van der Waals surface area contributed by atoms with Crippen LogP contribution in [0.5, 0.6) is 0 Å². The summed E-state index contributed by atoms with van der Waals surface area (Å²) in [6, 6.07) is 25.9. The number of hydrogen-bond donors (Lipinski definition) is 0. The second kappa shape index (κ2) is 6.84. The summed E-state index contributed by atoms with van der Waals surface area (Å²) in [5.41, 5.74) is 4.92. The predicted octanol–water partition coefficient (Wildman–Crippen LogP) is 8.69. The molecule has 0 saturated heterocycles. The standard InChI is InChI=1S/C30H17F2NO/c1-16-12-17(13-23-19(16)10-11-20-24(23)14-18(31)15-25(20)32)29-30-28(21-6-2-4-8-26(21)33-29)22-7-3-5-9-27(22)34-30/h2-15H,1H3. The minimum Gasteiger partial charge on any atom is -0.454 e. The average molecular weight is 445 g/mol. The van der Waals surface area contributed by atoms with Crippen molar-refractivity contribution >= 4 is 54.4 Å². The van der Waals surface area contributed by atoms with Gasteiger partial charge in [0.2, 0.25) is 0 Å². The average Bonchev–Trinajstić information content (AvgIpc) is 3.23. The molecule has 7 aromatic rings. The molecule has 2 nitrogen and oxygen atoms in total. The lowest BCUT2D eigenvalue weighted by atomic mass is 9.94. The first kappa shape index (κ1) is 19.2. The van der Waals surface area contributed by atoms with E-state index in [2.05, 4.69) is 18.2 Å². The Bertz CT molecular complexity index is 1950. The maximum atomic E-state index is 14.5. The second-order valence-electron chi connectivity index (χ2n) is 8.72. The van der Waals surface area contributed by atoms with Crippen LogP contribution in [0.25, 0.3) is 65.6 Å². The smallest absolute Gasteiger partial charge is 0.162 e. The summed E-state index contributed by atoms with van der Waals surface area (Å²) < 4.78 is 35.1. The van der Waals surface area contributed by atoms with Gasteiger partial charge in [0.25, 0.3) is 0 Å². The van der Waals surface area contributed by atoms with Crippen molar-refractivity contribution in [3.8, 4) is 11.3 Å². The quantitative estimate of drug-likeness (QED) is 0.236. The van der Waals surface area contributed by atoms with Crippen LogP contribution in [0.1, 0.15) is 5.56 Å². The second-order valence-corrected chi connectivity index (χ2v) is 8.72. The number of furan rings is 1. The van der Waals surface area contributed by atoms with Gasteiger partial charge in [-0.05, 0) is 59.0 Å². The number of hydrogen-bond acceptors (Lipinski definition) is 2. The number of pyridine rings is 1. The number of para-hydroxylation sites is 2. The van der Waals surface area contributed by atoms with Gasteiger partial charge in [0.05, 0.1) is 5.52 Å². The Morgan fingerprint density at radius 2 is 1.41 bits per heavy atom. The Labute approximate surface area is 193 Å². The fourth-order valence-corrected chi connectivity index (χ4v) is 5.15. The van der Waals surface area contributed by atoms with Crippen molar-refractivity contribution in [2.24, 2.45) is 0 Å². The van der Waals surface area contributed by atoms with E-state index in [0.29, 0.717) is 22.0 Å². The lowest BCUT2D eigenvalue weighted by Crippen LogP contribution is -1.91. The van der Waals surface area contributed by atoms with E-state index in [1.807, 2.05) is 55.5 Å². The molecule has 0 aliphatic carbocycles. The number of aromatic nitrogens is 1. The molecule has 0 saturated carbocycles. The summed E-state index contributed by atoms with van der Waals surface area (Å²) in [6.45, 7) is 2.00. The largest absolute Gasteiger partial charge is 0.454 e. The molecule has 2 aromatic heterocycles. The lowest BCUT2D eigenvalue weighted by molar-refractivity contribution is 0.592. The molecule has 162 valence electrons. The Hall–Kier alpha value is -4.31. The third-order valence-corrected chi connectivity index (χ3v) is 6.68. The molecule has 0 amide bonds. The number of rotatable bonds is 1. The van der Waals surface area contributed by atoms with Crippen LogP contribution < -0.4 is 0 Å². The third kappa shape index (κ3) is 2.62. The van der Waals surface area contributed by atoms with Crippen molar-refractivity contribution in [2.75, 3.05) is 0 Å². The van der Waals surface area contributed by atoms with Crippen LogP contribution in [0.2, 0.25) is 0 Å². The SMILES string of the molecule is Cc1cc(-c2nc3ccccc3c3c2oc2ccccc23)cc2c1ccc1c(F)cc(F)cc12. The number of benzene rings is 5. The van der Waals surface area contributed by atoms with Crippen LogP contribution in [0, 0.1) is 18.6 Å². The molecule has 0 radical (unpaired) electrons. The first-order valence-electron chi connectivity index (χ1n) is 11.1. The Morgan fingerprint density at radius 3 is 2.29 bits per heavy atom. The van der Waals surface area contributed by atoms with Gasteiger partial charge < -0.3 is 4.42 Å². The summed E-state index contributed by atoms with van der Waals surface area (Å²) in [5.74, 6) is -1.16. The molecule has 0 bridgehead atoms. The number of aryl methyl sites for hydroxylation is 1. The maximum Gasteiger partial charge on any atom is 0.162 e. The lowest BCUT2D eigenvalue weighted by Gasteiger charge is -2.12. The van der Waals surface area contributed by atoms with Gasteiger partial charge in [0.15, 0.2) is 5.58 Å². The molecule has 4 heteroatoms. The minimum absolute atomic E-state index is 0.394. The molecule has 0 fully saturated rings. The summed E-state index contributed by atoms with van der Waals surface area (Å²) in [7, 11) is 0. The zero-order chi connectivity index (χ0) is 23.0. The zero-order valence-electron chi connectivity index (χ0n) is 18.2. The molecule has 2 heterocycles. The third-order valence-electron chi connectivity index (χ3n) is 6.68. The number of fused-ring (bicyclic) bond motifs is 8. The fourth-order valence-electron chi connectivity index (χ4n) is 5.15. The van der Waals surface area contributed by atoms with E-state index in [9.17, 15) is 8.78 Å². The van der Waals surface area contributed by atoms with Crippen molar-refractivity contribution in [1.29, 1.82) is 0 Å². The van der Waals surface area contributed by atoms with Gasteiger partial charge >= 0.3 is 0 Å². The number of nitrogens with zero attached hydrogens (tertiary/aromatic N) is 1. The van der Waals surface area contributed by atoms with E-state index >= 15 is 0 Å². The van der Waals surface area contributed by atoms with Crippen LogP contribution >= 0.6 is 0 Å². The molecule has 0 unspecified atom stereocenters. The van der Waals surface area contributed by atoms with Crippen LogP contribution in [0.4, 0.5) is 8.78 Å². The van der Waals surface area contributed by atoms with Crippen molar-refractivity contribution in [3.63, 3.8) is 0 Å². The van der Waals surface area contributed by atoms with Gasteiger partial charge in [0, 0.05) is 33.2 Å². The highest BCUT2D eigenvalue weighted by molar-refractivity contribution is 6.21. The highest BCUT2D eigenvalue weighted by Crippen LogP contribution is 2.41. The molecule has 0 spiro atoms. The van der Waals surface area contributed by atoms with Crippen LogP contribution in [0.15, 0.2) is 89.3 Å². The molecule has 0 aliphatic rings. The summed E-state index contributed by atoms with van der Waals surface area (Å²) in [4.78, 5) is 4.99. The molecule has 0 N–H and O–H groups in total. The van der Waals surface area contributed by atoms with Gasteiger partial charge in [-0.1, -0.05) is 48.5 Å². The Morgan fingerprint density at radius 1 is 0.676 bits per heavy atom. The van der Waals surface area contributed by atoms with Gasteiger partial charge in [-0.15, -0.1) is 0 Å². The molecule has 0 atom stereocenters. The molecule has 5 aromatic carbocycles. The monoisotopic (exact) mass is 445 g/mol. The van der Waals surface area contributed by atoms with Crippen LogP contribution in [0.3, 0.4) is 0 Å². The van der Waals surface area contributed by atoms with Gasteiger partial charge in [-0.2, -0.15) is 0 Å². The van der Waals surface area contributed by atoms with Crippen molar-refractivity contribution in [3.05, 3.63) is 102 Å². The van der Waals surface area contributed by atoms with E-state index in [-0.39, 0.29) is 0 Å². The number of halogens is 2. The molecule has 0 aliphatic heterocycles. The van der Waals surface area contributed by atoms with Crippen LogP contribution in [-0.2, 0) is 0 Å². The topological polar surface area (TPSA) is 26.0 Å². The Balaban J connectivity index is 1.65. The van der Waals surface area contributed by atoms with E-state index in [0.717, 1.165) is 55.2 Å². The van der Waals surface area contributed by atoms with Crippen molar-refractivity contribution in [2.45, 2.75) is 6.92 Å². The van der Waals surface area contributed by atoms with E-state index in [1.165, 1.54) is 6.07 Å². The van der Waals surface area contributed by atoms with Crippen molar-refractivity contribution < 1.29 is 13.2 Å². The van der Waals surface area contributed by atoms with Crippen molar-refractivity contribution in [1.82, 2.24) is 4.98 Å². The predicted molar refractivity (Wildman–Crippen MR) is 134 cm³/mol. The molecular weight excluding hydrogens is 428 g/mol. The first-order chi connectivity index (χ1) is 16.6. The van der Waals surface area contributed by atoms with Gasteiger partial charge in [-0.3, -0.25) is 0 Å². The molecule has 7 rings (SSSR count). The normalized spacial score (nSPS) is 12.0. The summed E-state index contributed by atoms with van der Waals surface area (Å²) in [5, 5.41) is 5.74.